The van der Waals surface area contributed by atoms with Crippen LogP contribution < -0.4 is 10.1 Å². The summed E-state index contributed by atoms with van der Waals surface area (Å²) in [6.45, 7) is 8.65. The van der Waals surface area contributed by atoms with E-state index in [1.807, 2.05) is 0 Å². The Hall–Kier alpha value is -1.02. The standard InChI is InChI=1S/C17H27NO/c1-17(2,3)18-11-6-4-5-7-14-8-9-16-15(13-14)10-12-19-16/h8-9,13,18H,4-7,10-12H2,1-3H3. The maximum Gasteiger partial charge on any atom is 0.122 e. The molecular weight excluding hydrogens is 234 g/mol. The van der Waals surface area contributed by atoms with E-state index in [-0.39, 0.29) is 5.54 Å². The second kappa shape index (κ2) is 6.42. The molecular formula is C17H27NO. The van der Waals surface area contributed by atoms with Gasteiger partial charge in [0.1, 0.15) is 5.75 Å². The number of aryl methyl sites for hydroxylation is 1. The summed E-state index contributed by atoms with van der Waals surface area (Å²) >= 11 is 0. The molecule has 19 heavy (non-hydrogen) atoms. The van der Waals surface area contributed by atoms with Crippen molar-refractivity contribution in [1.29, 1.82) is 0 Å². The summed E-state index contributed by atoms with van der Waals surface area (Å²) in [6.07, 6.45) is 6.13. The van der Waals surface area contributed by atoms with Gasteiger partial charge in [-0.05, 0) is 63.8 Å². The van der Waals surface area contributed by atoms with E-state index in [1.54, 1.807) is 0 Å². The van der Waals surface area contributed by atoms with Crippen molar-refractivity contribution < 1.29 is 4.74 Å². The van der Waals surface area contributed by atoms with Crippen molar-refractivity contribution in [3.8, 4) is 5.75 Å². The normalized spacial score (nSPS) is 14.3. The lowest BCUT2D eigenvalue weighted by molar-refractivity contribution is 0.357. The van der Waals surface area contributed by atoms with E-state index in [9.17, 15) is 0 Å². The van der Waals surface area contributed by atoms with Crippen LogP contribution in [0.2, 0.25) is 0 Å². The van der Waals surface area contributed by atoms with Gasteiger partial charge in [-0.15, -0.1) is 0 Å². The molecule has 0 radical (unpaired) electrons. The molecule has 1 aromatic rings. The summed E-state index contributed by atoms with van der Waals surface area (Å²) < 4.78 is 5.53. The Morgan fingerprint density at radius 3 is 2.79 bits per heavy atom. The minimum atomic E-state index is 0.250. The number of fused-ring (bicyclic) bond motifs is 1. The van der Waals surface area contributed by atoms with Crippen molar-refractivity contribution in [3.63, 3.8) is 0 Å². The zero-order chi connectivity index (χ0) is 13.7. The van der Waals surface area contributed by atoms with Gasteiger partial charge >= 0.3 is 0 Å². The lowest BCUT2D eigenvalue weighted by Gasteiger charge is -2.20. The Balaban J connectivity index is 1.63. The van der Waals surface area contributed by atoms with Crippen LogP contribution in [0, 0.1) is 0 Å². The first-order chi connectivity index (χ1) is 9.04. The van der Waals surface area contributed by atoms with Crippen LogP contribution in [0.3, 0.4) is 0 Å². The van der Waals surface area contributed by atoms with Crippen LogP contribution in [0.15, 0.2) is 18.2 Å². The average Bonchev–Trinajstić information content (AvgIpc) is 2.79. The van der Waals surface area contributed by atoms with E-state index >= 15 is 0 Å². The summed E-state index contributed by atoms with van der Waals surface area (Å²) in [5, 5.41) is 3.54. The molecule has 0 aromatic heterocycles. The van der Waals surface area contributed by atoms with E-state index in [0.717, 1.165) is 25.3 Å². The van der Waals surface area contributed by atoms with Gasteiger partial charge in [-0.2, -0.15) is 0 Å². The van der Waals surface area contributed by atoms with Crippen molar-refractivity contribution in [3.05, 3.63) is 29.3 Å². The molecule has 2 rings (SSSR count). The summed E-state index contributed by atoms with van der Waals surface area (Å²) in [4.78, 5) is 0. The first-order valence-electron chi connectivity index (χ1n) is 7.54. The molecule has 1 aliphatic rings. The van der Waals surface area contributed by atoms with Gasteiger partial charge in [-0.1, -0.05) is 18.6 Å². The molecule has 0 atom stereocenters. The lowest BCUT2D eigenvalue weighted by Crippen LogP contribution is -2.36. The highest BCUT2D eigenvalue weighted by atomic mass is 16.5. The zero-order valence-electron chi connectivity index (χ0n) is 12.6. The Kier molecular flexibility index (Phi) is 4.87. The molecule has 1 heterocycles. The number of rotatable bonds is 6. The van der Waals surface area contributed by atoms with Gasteiger partial charge < -0.3 is 10.1 Å². The summed E-state index contributed by atoms with van der Waals surface area (Å²) in [5.41, 5.74) is 3.11. The predicted molar refractivity (Wildman–Crippen MR) is 81.0 cm³/mol. The van der Waals surface area contributed by atoms with E-state index in [1.165, 1.54) is 36.8 Å². The third-order valence-electron chi connectivity index (χ3n) is 3.55. The molecule has 0 amide bonds. The third-order valence-corrected chi connectivity index (χ3v) is 3.55. The van der Waals surface area contributed by atoms with Crippen molar-refractivity contribution in [2.45, 2.75) is 58.4 Å². The van der Waals surface area contributed by atoms with Crippen LogP contribution in [0.1, 0.15) is 51.2 Å². The Morgan fingerprint density at radius 1 is 1.16 bits per heavy atom. The monoisotopic (exact) mass is 261 g/mol. The second-order valence-corrected chi connectivity index (χ2v) is 6.53. The quantitative estimate of drug-likeness (QED) is 0.788. The molecule has 0 saturated carbocycles. The fourth-order valence-electron chi connectivity index (χ4n) is 2.49. The molecule has 0 spiro atoms. The molecule has 0 bridgehead atoms. The van der Waals surface area contributed by atoms with E-state index in [4.69, 9.17) is 4.74 Å². The summed E-state index contributed by atoms with van der Waals surface area (Å²) in [6, 6.07) is 6.69. The van der Waals surface area contributed by atoms with Gasteiger partial charge in [0.05, 0.1) is 6.61 Å². The average molecular weight is 261 g/mol. The Morgan fingerprint density at radius 2 is 2.00 bits per heavy atom. The van der Waals surface area contributed by atoms with Gasteiger partial charge in [0.2, 0.25) is 0 Å². The molecule has 0 fully saturated rings. The summed E-state index contributed by atoms with van der Waals surface area (Å²) in [5.74, 6) is 1.10. The summed E-state index contributed by atoms with van der Waals surface area (Å²) in [7, 11) is 0. The van der Waals surface area contributed by atoms with E-state index < -0.39 is 0 Å². The fourth-order valence-corrected chi connectivity index (χ4v) is 2.49. The topological polar surface area (TPSA) is 21.3 Å². The maximum absolute atomic E-state index is 5.53. The Labute approximate surface area is 117 Å². The SMILES string of the molecule is CC(C)(C)NCCCCCc1ccc2c(c1)CCO2. The molecule has 1 aromatic carbocycles. The first-order valence-corrected chi connectivity index (χ1v) is 7.54. The highest BCUT2D eigenvalue weighted by molar-refractivity contribution is 5.39. The van der Waals surface area contributed by atoms with Crippen LogP contribution in [0.25, 0.3) is 0 Å². The molecule has 1 aliphatic heterocycles. The lowest BCUT2D eigenvalue weighted by atomic mass is 10.0. The van der Waals surface area contributed by atoms with Gasteiger partial charge in [0, 0.05) is 12.0 Å². The smallest absolute Gasteiger partial charge is 0.122 e. The second-order valence-electron chi connectivity index (χ2n) is 6.53. The van der Waals surface area contributed by atoms with E-state index in [2.05, 4.69) is 44.3 Å². The number of nitrogens with one attached hydrogen (secondary N) is 1. The van der Waals surface area contributed by atoms with Crippen LogP contribution in [0.5, 0.6) is 5.75 Å². The largest absolute Gasteiger partial charge is 0.493 e. The highest BCUT2D eigenvalue weighted by Crippen LogP contribution is 2.26. The van der Waals surface area contributed by atoms with Crippen LogP contribution in [-0.2, 0) is 12.8 Å². The van der Waals surface area contributed by atoms with Crippen LogP contribution in [-0.4, -0.2) is 18.7 Å². The van der Waals surface area contributed by atoms with Gasteiger partial charge in [0.15, 0.2) is 0 Å². The minimum absolute atomic E-state index is 0.250. The van der Waals surface area contributed by atoms with Crippen molar-refractivity contribution in [2.24, 2.45) is 0 Å². The molecule has 106 valence electrons. The molecule has 0 aliphatic carbocycles. The minimum Gasteiger partial charge on any atom is -0.493 e. The molecule has 0 saturated heterocycles. The zero-order valence-corrected chi connectivity index (χ0v) is 12.6. The predicted octanol–water partition coefficient (Wildman–Crippen LogP) is 3.72. The Bertz CT molecular complexity index is 406. The highest BCUT2D eigenvalue weighted by Gasteiger charge is 2.11. The van der Waals surface area contributed by atoms with Gasteiger partial charge in [-0.3, -0.25) is 0 Å². The van der Waals surface area contributed by atoms with Crippen LogP contribution >= 0.6 is 0 Å². The van der Waals surface area contributed by atoms with Gasteiger partial charge in [-0.25, -0.2) is 0 Å². The van der Waals surface area contributed by atoms with E-state index in [0.29, 0.717) is 0 Å². The van der Waals surface area contributed by atoms with Crippen molar-refractivity contribution >= 4 is 0 Å². The van der Waals surface area contributed by atoms with Crippen LogP contribution in [0.4, 0.5) is 0 Å². The number of unbranched alkanes of at least 4 members (excludes halogenated alkanes) is 2. The molecule has 2 heteroatoms. The number of ether oxygens (including phenoxy) is 1. The van der Waals surface area contributed by atoms with Gasteiger partial charge in [0.25, 0.3) is 0 Å². The third kappa shape index (κ3) is 4.87. The number of benzene rings is 1. The first kappa shape index (κ1) is 14.4. The molecule has 0 unspecified atom stereocenters. The molecule has 2 nitrogen and oxygen atoms in total. The fraction of sp³-hybridized carbons (Fsp3) is 0.647. The maximum atomic E-state index is 5.53. The van der Waals surface area contributed by atoms with Crippen molar-refractivity contribution in [2.75, 3.05) is 13.2 Å². The van der Waals surface area contributed by atoms with Crippen molar-refractivity contribution in [1.82, 2.24) is 5.32 Å². The molecule has 1 N–H and O–H groups in total. The number of hydrogen-bond acceptors (Lipinski definition) is 2. The number of hydrogen-bond donors (Lipinski definition) is 1.